The second-order valence-electron chi connectivity index (χ2n) is 4.85. The summed E-state index contributed by atoms with van der Waals surface area (Å²) < 4.78 is 11.0. The van der Waals surface area contributed by atoms with Gasteiger partial charge in [0.1, 0.15) is 0 Å². The number of hydrogen-bond donors (Lipinski definition) is 3. The molecule has 1 radical (unpaired) electrons. The van der Waals surface area contributed by atoms with Crippen LogP contribution in [0.5, 0.6) is 0 Å². The predicted molar refractivity (Wildman–Crippen MR) is 103 cm³/mol. The number of anilines is 3. The van der Waals surface area contributed by atoms with Gasteiger partial charge in [-0.2, -0.15) is 0 Å². The zero-order chi connectivity index (χ0) is 15.0. The van der Waals surface area contributed by atoms with E-state index in [0.717, 1.165) is 17.1 Å². The first-order valence-electron chi connectivity index (χ1n) is 7.23. The first-order chi connectivity index (χ1) is 10.9. The molecule has 0 spiro atoms. The van der Waals surface area contributed by atoms with Crippen molar-refractivity contribution in [3.05, 3.63) is 91.0 Å². The molecule has 0 aliphatic heterocycles. The van der Waals surface area contributed by atoms with Crippen LogP contribution in [0.4, 0.5) is 17.1 Å². The molecular weight excluding hydrogens is 412 g/mol. The molecule has 0 aliphatic carbocycles. The van der Waals surface area contributed by atoms with Crippen molar-refractivity contribution in [2.45, 2.75) is 0 Å². The quantitative estimate of drug-likeness (QED) is 0.494. The third kappa shape index (κ3) is 5.69. The number of halogens is 1. The minimum absolute atomic E-state index is 0. The van der Waals surface area contributed by atoms with E-state index < -0.39 is 20.6 Å². The molecule has 3 aromatic rings. The van der Waals surface area contributed by atoms with Crippen LogP contribution in [0.25, 0.3) is 0 Å². The Labute approximate surface area is 151 Å². The Morgan fingerprint density at radius 1 is 0.435 bits per heavy atom. The Hall–Kier alpha value is -1.85. The van der Waals surface area contributed by atoms with E-state index >= 15 is 0 Å². The Bertz CT molecular complexity index is 582. The third-order valence-electron chi connectivity index (χ3n) is 3.13. The van der Waals surface area contributed by atoms with Crippen LogP contribution in [0.3, 0.4) is 0 Å². The van der Waals surface area contributed by atoms with E-state index in [2.05, 4.69) is 47.0 Å². The number of benzene rings is 3. The summed E-state index contributed by atoms with van der Waals surface area (Å²) >= 11 is -2.31. The molecule has 0 amide bonds. The Morgan fingerprint density at radius 3 is 0.957 bits per heavy atom. The predicted octanol–water partition coefficient (Wildman–Crippen LogP) is 4.73. The van der Waals surface area contributed by atoms with Gasteiger partial charge in [-0.3, -0.25) is 0 Å². The minimum atomic E-state index is -2.31. The van der Waals surface area contributed by atoms with Gasteiger partial charge in [0.25, 0.3) is 0 Å². The normalized spacial score (nSPS) is 9.78. The maximum absolute atomic E-state index is 3.65. The average Bonchev–Trinajstić information content (AvgIpc) is 2.57. The Morgan fingerprint density at radius 2 is 0.696 bits per heavy atom. The van der Waals surface area contributed by atoms with Gasteiger partial charge < -0.3 is 0 Å². The Balaban J connectivity index is 0.00000192. The van der Waals surface area contributed by atoms with Crippen molar-refractivity contribution in [3.8, 4) is 0 Å². The molecule has 0 fully saturated rings. The fourth-order valence-electron chi connectivity index (χ4n) is 2.09. The molecule has 0 heterocycles. The van der Waals surface area contributed by atoms with Crippen LogP contribution in [0, 0.1) is 0 Å². The van der Waals surface area contributed by atoms with E-state index in [0.29, 0.717) is 0 Å². The first kappa shape index (κ1) is 17.5. The molecule has 0 aliphatic rings. The van der Waals surface area contributed by atoms with Gasteiger partial charge in [0.15, 0.2) is 0 Å². The summed E-state index contributed by atoms with van der Waals surface area (Å²) in [6.45, 7) is 0. The van der Waals surface area contributed by atoms with Crippen molar-refractivity contribution in [1.29, 1.82) is 0 Å². The molecular formula is C18H19ClN3Sn. The van der Waals surface area contributed by atoms with Crippen molar-refractivity contribution in [2.75, 3.05) is 10.6 Å². The van der Waals surface area contributed by atoms with Gasteiger partial charge in [-0.1, -0.05) is 0 Å². The van der Waals surface area contributed by atoms with E-state index in [4.69, 9.17) is 0 Å². The van der Waals surface area contributed by atoms with Crippen molar-refractivity contribution in [3.63, 3.8) is 0 Å². The van der Waals surface area contributed by atoms with Gasteiger partial charge >= 0.3 is 139 Å². The summed E-state index contributed by atoms with van der Waals surface area (Å²) in [5.74, 6) is 0. The van der Waals surface area contributed by atoms with Gasteiger partial charge in [-0.05, 0) is 0 Å². The van der Waals surface area contributed by atoms with Crippen molar-refractivity contribution in [1.82, 2.24) is 0 Å². The summed E-state index contributed by atoms with van der Waals surface area (Å²) in [7, 11) is 0. The molecule has 3 N–H and O–H groups in total. The molecule has 0 unspecified atom stereocenters. The van der Waals surface area contributed by atoms with Gasteiger partial charge in [-0.25, -0.2) is 0 Å². The van der Waals surface area contributed by atoms with E-state index in [1.807, 2.05) is 54.6 Å². The SMILES string of the molecule is Cl.c1ccc([NH][Sn]([NH]c2ccccc2)[NH]c2ccccc2)cc1. The monoisotopic (exact) mass is 432 g/mol. The molecule has 0 aromatic heterocycles. The van der Waals surface area contributed by atoms with E-state index in [1.165, 1.54) is 0 Å². The van der Waals surface area contributed by atoms with Gasteiger partial charge in [0, 0.05) is 0 Å². The van der Waals surface area contributed by atoms with Gasteiger partial charge in [-0.15, -0.1) is 12.4 Å². The molecule has 3 rings (SSSR count). The molecule has 23 heavy (non-hydrogen) atoms. The zero-order valence-corrected chi connectivity index (χ0v) is 16.2. The maximum atomic E-state index is 3.65. The summed E-state index contributed by atoms with van der Waals surface area (Å²) in [5.41, 5.74) is 3.43. The summed E-state index contributed by atoms with van der Waals surface area (Å²) in [5, 5.41) is 0. The molecule has 3 nitrogen and oxygen atoms in total. The first-order valence-corrected chi connectivity index (χ1v) is 11.5. The number of hydrogen-bond acceptors (Lipinski definition) is 3. The fraction of sp³-hybridized carbons (Fsp3) is 0. The number of nitrogens with one attached hydrogen (secondary N) is 3. The van der Waals surface area contributed by atoms with Crippen LogP contribution in [0.2, 0.25) is 0 Å². The molecule has 5 heteroatoms. The summed E-state index contributed by atoms with van der Waals surface area (Å²) in [6.07, 6.45) is 0. The fourth-order valence-corrected chi connectivity index (χ4v) is 6.53. The van der Waals surface area contributed by atoms with Crippen molar-refractivity contribution in [2.24, 2.45) is 0 Å². The molecule has 117 valence electrons. The number of rotatable bonds is 6. The number of para-hydroxylation sites is 3. The zero-order valence-electron chi connectivity index (χ0n) is 12.6. The van der Waals surface area contributed by atoms with Crippen molar-refractivity contribution < 1.29 is 0 Å². The van der Waals surface area contributed by atoms with Crippen LogP contribution in [0.1, 0.15) is 0 Å². The van der Waals surface area contributed by atoms with Gasteiger partial charge in [0.2, 0.25) is 0 Å². The van der Waals surface area contributed by atoms with E-state index in [-0.39, 0.29) is 12.4 Å². The Kier molecular flexibility index (Phi) is 7.10. The van der Waals surface area contributed by atoms with Crippen LogP contribution < -0.4 is 10.6 Å². The molecule has 3 aromatic carbocycles. The van der Waals surface area contributed by atoms with Crippen LogP contribution >= 0.6 is 12.4 Å². The molecule has 0 saturated carbocycles. The van der Waals surface area contributed by atoms with E-state index in [1.54, 1.807) is 0 Å². The molecule has 0 saturated heterocycles. The summed E-state index contributed by atoms with van der Waals surface area (Å²) in [6, 6.07) is 31.0. The summed E-state index contributed by atoms with van der Waals surface area (Å²) in [4.78, 5) is 0. The van der Waals surface area contributed by atoms with Crippen LogP contribution in [0.15, 0.2) is 91.0 Å². The molecule has 0 bridgehead atoms. The standard InChI is InChI=1S/3C6H6N.ClH.Sn/c3*7-6-4-2-1-3-5-6;;/h3*1-5,7H;1H;/q3*-1;;+3. The van der Waals surface area contributed by atoms with Gasteiger partial charge in [0.05, 0.1) is 0 Å². The second kappa shape index (κ2) is 9.32. The van der Waals surface area contributed by atoms with E-state index in [9.17, 15) is 0 Å². The van der Waals surface area contributed by atoms with Crippen LogP contribution in [-0.4, -0.2) is 20.6 Å². The molecule has 0 atom stereocenters. The third-order valence-corrected chi connectivity index (χ3v) is 7.74. The topological polar surface area (TPSA) is 36.1 Å². The van der Waals surface area contributed by atoms with Crippen LogP contribution in [-0.2, 0) is 0 Å². The average molecular weight is 432 g/mol. The van der Waals surface area contributed by atoms with Crippen molar-refractivity contribution >= 4 is 50.0 Å². The second-order valence-corrected chi connectivity index (χ2v) is 9.13.